The normalized spacial score (nSPS) is 12.6. The van der Waals surface area contributed by atoms with Crippen LogP contribution in [0.15, 0.2) is 23.3 Å². The molecule has 0 rings (SSSR count). The zero-order chi connectivity index (χ0) is 14.1. The Balaban J connectivity index is 4.20. The maximum Gasteiger partial charge on any atom is 0.328 e. The monoisotopic (exact) mass is 253 g/mol. The summed E-state index contributed by atoms with van der Waals surface area (Å²) in [7, 11) is 1.30. The van der Waals surface area contributed by atoms with Crippen LogP contribution in [0.25, 0.3) is 0 Å². The highest BCUT2D eigenvalue weighted by molar-refractivity contribution is 5.91. The van der Waals surface area contributed by atoms with E-state index >= 15 is 0 Å². The van der Waals surface area contributed by atoms with E-state index in [4.69, 9.17) is 0 Å². The molecule has 0 aromatic carbocycles. The Morgan fingerprint density at radius 3 is 2.39 bits per heavy atom. The van der Waals surface area contributed by atoms with E-state index in [1.165, 1.54) is 18.8 Å². The molecule has 102 valence electrons. The fourth-order valence-electron chi connectivity index (χ4n) is 1.38. The number of hydrogen-bond donors (Lipinski definition) is 1. The third kappa shape index (κ3) is 7.65. The lowest BCUT2D eigenvalue weighted by Crippen LogP contribution is -2.38. The van der Waals surface area contributed by atoms with Gasteiger partial charge in [-0.05, 0) is 40.5 Å². The van der Waals surface area contributed by atoms with Gasteiger partial charge in [0.05, 0.1) is 7.11 Å². The van der Waals surface area contributed by atoms with Crippen LogP contribution in [-0.4, -0.2) is 25.0 Å². The molecule has 1 atom stereocenters. The molecule has 0 aromatic heterocycles. The molecule has 0 fully saturated rings. The van der Waals surface area contributed by atoms with Crippen LogP contribution >= 0.6 is 0 Å². The van der Waals surface area contributed by atoms with E-state index in [1.54, 1.807) is 6.92 Å². The maximum absolute atomic E-state index is 11.6. The number of carbonyl (C=O) groups is 2. The third-order valence-electron chi connectivity index (χ3n) is 2.38. The van der Waals surface area contributed by atoms with E-state index in [-0.39, 0.29) is 5.91 Å². The Hall–Kier alpha value is -1.58. The highest BCUT2D eigenvalue weighted by atomic mass is 16.5. The van der Waals surface area contributed by atoms with E-state index in [0.717, 1.165) is 18.4 Å². The lowest BCUT2D eigenvalue weighted by atomic mass is 10.1. The molecular formula is C14H23NO3. The van der Waals surface area contributed by atoms with Crippen LogP contribution in [0.5, 0.6) is 0 Å². The van der Waals surface area contributed by atoms with Gasteiger partial charge in [0.15, 0.2) is 0 Å². The van der Waals surface area contributed by atoms with Crippen molar-refractivity contribution in [3.8, 4) is 0 Å². The lowest BCUT2D eigenvalue weighted by molar-refractivity contribution is -0.144. The summed E-state index contributed by atoms with van der Waals surface area (Å²) in [6, 6.07) is -0.621. The van der Waals surface area contributed by atoms with Crippen molar-refractivity contribution < 1.29 is 14.3 Å². The Labute approximate surface area is 109 Å². The molecule has 18 heavy (non-hydrogen) atoms. The molecular weight excluding hydrogens is 230 g/mol. The first-order valence-corrected chi connectivity index (χ1v) is 6.05. The van der Waals surface area contributed by atoms with Gasteiger partial charge in [0.2, 0.25) is 5.91 Å². The predicted octanol–water partition coefficient (Wildman–Crippen LogP) is 2.36. The number of methoxy groups -OCH3 is 1. The number of nitrogens with one attached hydrogen (secondary N) is 1. The first kappa shape index (κ1) is 16.4. The van der Waals surface area contributed by atoms with E-state index in [2.05, 4.69) is 16.1 Å². The molecule has 0 aliphatic carbocycles. The number of hydrogen-bond acceptors (Lipinski definition) is 3. The van der Waals surface area contributed by atoms with Crippen molar-refractivity contribution in [3.05, 3.63) is 23.3 Å². The summed E-state index contributed by atoms with van der Waals surface area (Å²) in [6.45, 7) is 7.59. The van der Waals surface area contributed by atoms with Gasteiger partial charge in [-0.25, -0.2) is 4.79 Å². The summed E-state index contributed by atoms with van der Waals surface area (Å²) in [4.78, 5) is 22.7. The number of amides is 1. The lowest BCUT2D eigenvalue weighted by Gasteiger charge is -2.09. The molecule has 0 saturated carbocycles. The largest absolute Gasteiger partial charge is 0.467 e. The number of carbonyl (C=O) groups excluding carboxylic acids is 2. The second-order valence-corrected chi connectivity index (χ2v) is 4.56. The molecule has 0 saturated heterocycles. The molecule has 1 N–H and O–H groups in total. The maximum atomic E-state index is 11.6. The Kier molecular flexibility index (Phi) is 7.76. The van der Waals surface area contributed by atoms with Crippen molar-refractivity contribution in [1.29, 1.82) is 0 Å². The molecule has 4 heteroatoms. The topological polar surface area (TPSA) is 55.4 Å². The first-order valence-electron chi connectivity index (χ1n) is 6.05. The molecule has 0 aromatic rings. The quantitative estimate of drug-likeness (QED) is 0.449. The van der Waals surface area contributed by atoms with Crippen LogP contribution in [0, 0.1) is 0 Å². The minimum Gasteiger partial charge on any atom is -0.467 e. The second-order valence-electron chi connectivity index (χ2n) is 4.56. The van der Waals surface area contributed by atoms with Gasteiger partial charge in [-0.1, -0.05) is 17.2 Å². The summed E-state index contributed by atoms with van der Waals surface area (Å²) >= 11 is 0. The SMILES string of the molecule is COC(=O)C(C)NC(=O)/C=C(\C)CCC=C(C)C. The summed E-state index contributed by atoms with van der Waals surface area (Å²) in [5.74, 6) is -0.707. The van der Waals surface area contributed by atoms with Crippen LogP contribution in [0.4, 0.5) is 0 Å². The highest BCUT2D eigenvalue weighted by Gasteiger charge is 2.14. The van der Waals surface area contributed by atoms with Gasteiger partial charge in [0.25, 0.3) is 0 Å². The third-order valence-corrected chi connectivity index (χ3v) is 2.38. The molecule has 0 spiro atoms. The number of allylic oxidation sites excluding steroid dienone is 3. The van der Waals surface area contributed by atoms with Crippen molar-refractivity contribution in [3.63, 3.8) is 0 Å². The van der Waals surface area contributed by atoms with Crippen molar-refractivity contribution in [2.24, 2.45) is 0 Å². The number of ether oxygens (including phenoxy) is 1. The van der Waals surface area contributed by atoms with Gasteiger partial charge in [-0.2, -0.15) is 0 Å². The molecule has 1 amide bonds. The molecule has 0 radical (unpaired) electrons. The predicted molar refractivity (Wildman–Crippen MR) is 72.0 cm³/mol. The number of rotatable bonds is 6. The van der Waals surface area contributed by atoms with Crippen molar-refractivity contribution in [2.45, 2.75) is 46.6 Å². The van der Waals surface area contributed by atoms with Crippen molar-refractivity contribution >= 4 is 11.9 Å². The molecule has 1 unspecified atom stereocenters. The van der Waals surface area contributed by atoms with Crippen molar-refractivity contribution in [2.75, 3.05) is 7.11 Å². The van der Waals surface area contributed by atoms with Gasteiger partial charge < -0.3 is 10.1 Å². The average molecular weight is 253 g/mol. The summed E-state index contributed by atoms with van der Waals surface area (Å²) in [6.07, 6.45) is 5.42. The Morgan fingerprint density at radius 2 is 1.89 bits per heavy atom. The minimum absolute atomic E-state index is 0.261. The van der Waals surface area contributed by atoms with Gasteiger partial charge in [-0.3, -0.25) is 4.79 Å². The van der Waals surface area contributed by atoms with E-state index < -0.39 is 12.0 Å². The molecule has 0 aliphatic rings. The molecule has 4 nitrogen and oxygen atoms in total. The van der Waals surface area contributed by atoms with E-state index in [0.29, 0.717) is 0 Å². The zero-order valence-corrected chi connectivity index (χ0v) is 11.9. The number of esters is 1. The highest BCUT2D eigenvalue weighted by Crippen LogP contribution is 2.06. The van der Waals surface area contributed by atoms with Gasteiger partial charge >= 0.3 is 5.97 Å². The molecule has 0 heterocycles. The van der Waals surface area contributed by atoms with E-state index in [9.17, 15) is 9.59 Å². The van der Waals surface area contributed by atoms with Crippen LogP contribution < -0.4 is 5.32 Å². The molecule has 0 bridgehead atoms. The van der Waals surface area contributed by atoms with Crippen LogP contribution in [-0.2, 0) is 14.3 Å². The average Bonchev–Trinajstić information content (AvgIpc) is 2.26. The standard InChI is InChI=1S/C14H23NO3/c1-10(2)7-6-8-11(3)9-13(16)15-12(4)14(17)18-5/h7,9,12H,6,8H2,1-5H3,(H,15,16)/b11-9+. The minimum atomic E-state index is -0.621. The fourth-order valence-corrected chi connectivity index (χ4v) is 1.38. The fraction of sp³-hybridized carbons (Fsp3) is 0.571. The summed E-state index contributed by atoms with van der Waals surface area (Å²) in [5, 5.41) is 2.56. The summed E-state index contributed by atoms with van der Waals surface area (Å²) < 4.78 is 4.53. The zero-order valence-electron chi connectivity index (χ0n) is 11.9. The van der Waals surface area contributed by atoms with Gasteiger partial charge in [-0.15, -0.1) is 0 Å². The molecule has 0 aliphatic heterocycles. The van der Waals surface area contributed by atoms with Crippen molar-refractivity contribution in [1.82, 2.24) is 5.32 Å². The Morgan fingerprint density at radius 1 is 1.28 bits per heavy atom. The smallest absolute Gasteiger partial charge is 0.328 e. The van der Waals surface area contributed by atoms with Crippen LogP contribution in [0.3, 0.4) is 0 Å². The van der Waals surface area contributed by atoms with Gasteiger partial charge in [0.1, 0.15) is 6.04 Å². The Bertz CT molecular complexity index is 352. The first-order chi connectivity index (χ1) is 8.36. The van der Waals surface area contributed by atoms with Crippen LogP contribution in [0.1, 0.15) is 40.5 Å². The summed E-state index contributed by atoms with van der Waals surface area (Å²) in [5.41, 5.74) is 2.26. The van der Waals surface area contributed by atoms with E-state index in [1.807, 2.05) is 20.8 Å². The van der Waals surface area contributed by atoms with Crippen LogP contribution in [0.2, 0.25) is 0 Å². The van der Waals surface area contributed by atoms with Gasteiger partial charge in [0, 0.05) is 6.08 Å². The second kappa shape index (κ2) is 8.50.